The lowest BCUT2D eigenvalue weighted by Crippen LogP contribution is -2.51. The van der Waals surface area contributed by atoms with Gasteiger partial charge in [0, 0.05) is 11.7 Å². The van der Waals surface area contributed by atoms with Crippen molar-refractivity contribution in [1.82, 2.24) is 0 Å². The maximum Gasteiger partial charge on any atom is 0.0622 e. The molecule has 0 aliphatic heterocycles. The molecule has 0 radical (unpaired) electrons. The summed E-state index contributed by atoms with van der Waals surface area (Å²) in [7, 11) is 0. The van der Waals surface area contributed by atoms with Crippen molar-refractivity contribution in [2.24, 2.45) is 40.9 Å². The van der Waals surface area contributed by atoms with Crippen molar-refractivity contribution >= 4 is 5.69 Å². The van der Waals surface area contributed by atoms with Gasteiger partial charge in [0.25, 0.3) is 0 Å². The van der Waals surface area contributed by atoms with Crippen LogP contribution in [0.4, 0.5) is 5.69 Å². The Morgan fingerprint density at radius 3 is 2.45 bits per heavy atom. The topological polar surface area (TPSA) is 32.3 Å². The molecule has 4 saturated carbocycles. The molecule has 5 rings (SSSR count). The molecule has 160 valence electrons. The number of anilines is 1. The van der Waals surface area contributed by atoms with Crippen LogP contribution in [0.25, 0.3) is 0 Å². The molecular formula is C27H41NO. The van der Waals surface area contributed by atoms with Gasteiger partial charge in [0.05, 0.1) is 5.60 Å². The fraction of sp³-hybridized carbons (Fsp3) is 0.778. The number of aliphatic hydroxyl groups is 1. The van der Waals surface area contributed by atoms with Crippen molar-refractivity contribution in [1.29, 1.82) is 0 Å². The van der Waals surface area contributed by atoms with Gasteiger partial charge in [-0.3, -0.25) is 0 Å². The maximum atomic E-state index is 10.6. The highest BCUT2D eigenvalue weighted by atomic mass is 16.3. The standard InChI is InChI=1S/C27H41NO/c1-18(28-20-7-5-4-6-8-20)24-11-12-25-23-10-9-19-17-26(2,29)15-13-21(19)22(23)14-16-27(24,25)3/h4-8,18-19,21-25,28-29H,9-17H2,1-3H3/t18-,19?,21+,22-,23-,24-,25+,26-,27-/m1/s1. The van der Waals surface area contributed by atoms with E-state index < -0.39 is 5.60 Å². The van der Waals surface area contributed by atoms with Crippen molar-refractivity contribution < 1.29 is 5.11 Å². The van der Waals surface area contributed by atoms with E-state index in [0.717, 1.165) is 48.3 Å². The Hall–Kier alpha value is -1.02. The number of hydrogen-bond acceptors (Lipinski definition) is 2. The van der Waals surface area contributed by atoms with Crippen LogP contribution in [0.1, 0.15) is 78.6 Å². The van der Waals surface area contributed by atoms with Crippen molar-refractivity contribution in [2.45, 2.75) is 90.2 Å². The van der Waals surface area contributed by atoms with Gasteiger partial charge in [-0.2, -0.15) is 0 Å². The predicted octanol–water partition coefficient (Wildman–Crippen LogP) is 6.51. The Kier molecular flexibility index (Phi) is 5.01. The van der Waals surface area contributed by atoms with E-state index in [-0.39, 0.29) is 0 Å². The number of para-hydroxylation sites is 1. The average Bonchev–Trinajstić information content (AvgIpc) is 3.05. The first-order chi connectivity index (χ1) is 13.9. The van der Waals surface area contributed by atoms with E-state index in [1.165, 1.54) is 50.6 Å². The number of rotatable bonds is 3. The maximum absolute atomic E-state index is 10.6. The van der Waals surface area contributed by atoms with Gasteiger partial charge in [-0.25, -0.2) is 0 Å². The molecule has 4 aliphatic rings. The molecule has 0 heterocycles. The molecule has 1 unspecified atom stereocenters. The first-order valence-corrected chi connectivity index (χ1v) is 12.4. The van der Waals surface area contributed by atoms with Gasteiger partial charge in [-0.15, -0.1) is 0 Å². The predicted molar refractivity (Wildman–Crippen MR) is 121 cm³/mol. The highest BCUT2D eigenvalue weighted by molar-refractivity contribution is 5.43. The van der Waals surface area contributed by atoms with Gasteiger partial charge in [-0.05, 0) is 125 Å². The fourth-order valence-electron chi connectivity index (χ4n) is 8.84. The number of nitrogens with one attached hydrogen (secondary N) is 1. The molecule has 0 saturated heterocycles. The third-order valence-electron chi connectivity index (χ3n) is 10.1. The van der Waals surface area contributed by atoms with Crippen LogP contribution in [-0.2, 0) is 0 Å². The Morgan fingerprint density at radius 2 is 1.66 bits per heavy atom. The van der Waals surface area contributed by atoms with E-state index in [0.29, 0.717) is 11.5 Å². The van der Waals surface area contributed by atoms with E-state index >= 15 is 0 Å². The zero-order valence-corrected chi connectivity index (χ0v) is 18.7. The quantitative estimate of drug-likeness (QED) is 0.611. The highest BCUT2D eigenvalue weighted by Gasteiger charge is 2.58. The summed E-state index contributed by atoms with van der Waals surface area (Å²) in [4.78, 5) is 0. The molecule has 4 aliphatic carbocycles. The zero-order valence-electron chi connectivity index (χ0n) is 18.7. The highest BCUT2D eigenvalue weighted by Crippen LogP contribution is 2.65. The molecule has 1 aromatic carbocycles. The molecule has 0 bridgehead atoms. The summed E-state index contributed by atoms with van der Waals surface area (Å²) < 4.78 is 0. The number of benzene rings is 1. The summed E-state index contributed by atoms with van der Waals surface area (Å²) in [5.74, 6) is 5.30. The van der Waals surface area contributed by atoms with E-state index in [2.05, 4.69) is 56.4 Å². The minimum absolute atomic E-state index is 0.395. The summed E-state index contributed by atoms with van der Waals surface area (Å²) in [6.45, 7) is 7.15. The van der Waals surface area contributed by atoms with Crippen LogP contribution in [0.3, 0.4) is 0 Å². The SMILES string of the molecule is C[C@@H](Nc1ccccc1)[C@H]1CC[C@H]2[C@@H]3CCC4C[C@](C)(O)CC[C@@H]4[C@H]3CC[C@]12C. The van der Waals surface area contributed by atoms with Crippen molar-refractivity contribution in [3.8, 4) is 0 Å². The molecule has 29 heavy (non-hydrogen) atoms. The Balaban J connectivity index is 1.31. The van der Waals surface area contributed by atoms with E-state index in [4.69, 9.17) is 0 Å². The van der Waals surface area contributed by atoms with Gasteiger partial charge in [0.2, 0.25) is 0 Å². The van der Waals surface area contributed by atoms with Crippen LogP contribution in [0, 0.1) is 40.9 Å². The molecule has 2 heteroatoms. The lowest BCUT2D eigenvalue weighted by atomic mass is 9.49. The van der Waals surface area contributed by atoms with Crippen LogP contribution in [0.2, 0.25) is 0 Å². The normalized spacial score (nSPS) is 47.6. The van der Waals surface area contributed by atoms with Gasteiger partial charge < -0.3 is 10.4 Å². The molecule has 2 N–H and O–H groups in total. The molecule has 0 amide bonds. The fourth-order valence-corrected chi connectivity index (χ4v) is 8.84. The van der Waals surface area contributed by atoms with Crippen LogP contribution in [0.5, 0.6) is 0 Å². The molecule has 0 spiro atoms. The van der Waals surface area contributed by atoms with Crippen LogP contribution in [0.15, 0.2) is 30.3 Å². The summed E-state index contributed by atoms with van der Waals surface area (Å²) in [6, 6.07) is 11.3. The summed E-state index contributed by atoms with van der Waals surface area (Å²) in [5.41, 5.74) is 1.39. The second kappa shape index (κ2) is 7.29. The van der Waals surface area contributed by atoms with Crippen molar-refractivity contribution in [2.75, 3.05) is 5.32 Å². The van der Waals surface area contributed by atoms with Crippen molar-refractivity contribution in [3.05, 3.63) is 30.3 Å². The molecular weight excluding hydrogens is 354 g/mol. The smallest absolute Gasteiger partial charge is 0.0622 e. The summed E-state index contributed by atoms with van der Waals surface area (Å²) in [6.07, 6.45) is 11.9. The summed E-state index contributed by atoms with van der Waals surface area (Å²) in [5, 5.41) is 14.5. The van der Waals surface area contributed by atoms with Gasteiger partial charge in [-0.1, -0.05) is 25.1 Å². The molecule has 9 atom stereocenters. The average molecular weight is 396 g/mol. The minimum atomic E-state index is -0.395. The van der Waals surface area contributed by atoms with Crippen molar-refractivity contribution in [3.63, 3.8) is 0 Å². The van der Waals surface area contributed by atoms with E-state index in [1.807, 2.05) is 0 Å². The monoisotopic (exact) mass is 395 g/mol. The molecule has 2 nitrogen and oxygen atoms in total. The van der Waals surface area contributed by atoms with Crippen LogP contribution < -0.4 is 5.32 Å². The lowest BCUT2D eigenvalue weighted by molar-refractivity contribution is -0.100. The second-order valence-electron chi connectivity index (χ2n) is 11.7. The van der Waals surface area contributed by atoms with Crippen LogP contribution in [-0.4, -0.2) is 16.7 Å². The largest absolute Gasteiger partial charge is 0.390 e. The third kappa shape index (κ3) is 3.44. The first-order valence-electron chi connectivity index (χ1n) is 12.4. The Labute approximate surface area is 177 Å². The molecule has 0 aromatic heterocycles. The van der Waals surface area contributed by atoms with E-state index in [1.54, 1.807) is 0 Å². The Morgan fingerprint density at radius 1 is 0.897 bits per heavy atom. The van der Waals surface area contributed by atoms with Gasteiger partial charge in [0.1, 0.15) is 0 Å². The first kappa shape index (κ1) is 19.9. The molecule has 1 aromatic rings. The van der Waals surface area contributed by atoms with Gasteiger partial charge >= 0.3 is 0 Å². The second-order valence-corrected chi connectivity index (χ2v) is 11.7. The van der Waals surface area contributed by atoms with Crippen LogP contribution >= 0.6 is 0 Å². The number of hydrogen-bond donors (Lipinski definition) is 2. The Bertz CT molecular complexity index is 715. The third-order valence-corrected chi connectivity index (χ3v) is 10.1. The summed E-state index contributed by atoms with van der Waals surface area (Å²) >= 11 is 0. The van der Waals surface area contributed by atoms with E-state index in [9.17, 15) is 5.11 Å². The molecule has 4 fully saturated rings. The zero-order chi connectivity index (χ0) is 20.2. The lowest BCUT2D eigenvalue weighted by Gasteiger charge is -2.57. The van der Waals surface area contributed by atoms with Gasteiger partial charge in [0.15, 0.2) is 0 Å². The minimum Gasteiger partial charge on any atom is -0.390 e. The number of fused-ring (bicyclic) bond motifs is 5.